The van der Waals surface area contributed by atoms with E-state index in [9.17, 15) is 35.3 Å². The summed E-state index contributed by atoms with van der Waals surface area (Å²) in [4.78, 5) is 26.8. The molecule has 7 N–H and O–H groups in total. The van der Waals surface area contributed by atoms with Gasteiger partial charge in [0.25, 0.3) is 17.5 Å². The Balaban J connectivity index is 1.81. The molecule has 1 fully saturated rings. The molecule has 1 amide bonds. The minimum absolute atomic E-state index is 0.0994. The number of imidazole rings is 1. The normalized spacial score (nSPS) is 28.1. The summed E-state index contributed by atoms with van der Waals surface area (Å²) in [5.41, 5.74) is 5.76. The fourth-order valence-corrected chi connectivity index (χ4v) is 3.17. The van der Waals surface area contributed by atoms with Crippen LogP contribution in [0.2, 0.25) is 0 Å². The van der Waals surface area contributed by atoms with Crippen molar-refractivity contribution in [2.24, 2.45) is 5.73 Å². The Morgan fingerprint density at radius 2 is 2.03 bits per heavy atom. The number of hydrogen-bond acceptors (Lipinski definition) is 10. The smallest absolute Gasteiger partial charge is 0.287 e. The highest BCUT2D eigenvalue weighted by Gasteiger charge is 2.57. The van der Waals surface area contributed by atoms with Crippen LogP contribution in [0.3, 0.4) is 0 Å². The van der Waals surface area contributed by atoms with Crippen molar-refractivity contribution < 1.29 is 34.9 Å². The Labute approximate surface area is 169 Å². The number of nitrogens with one attached hydrogen (secondary N) is 1. The van der Waals surface area contributed by atoms with Gasteiger partial charge in [0.05, 0.1) is 11.0 Å². The highest BCUT2D eigenvalue weighted by molar-refractivity contribution is 5.91. The van der Waals surface area contributed by atoms with Crippen molar-refractivity contribution in [1.29, 1.82) is 0 Å². The van der Waals surface area contributed by atoms with Crippen LogP contribution >= 0.6 is 0 Å². The molecule has 162 valence electrons. The van der Waals surface area contributed by atoms with Gasteiger partial charge in [0.2, 0.25) is 5.82 Å². The number of nitro benzene ring substituents is 1. The number of nitrogens with two attached hydrogens (primary N) is 1. The maximum absolute atomic E-state index is 12.7. The molecule has 0 spiro atoms. The van der Waals surface area contributed by atoms with E-state index in [1.807, 2.05) is 0 Å². The van der Waals surface area contributed by atoms with E-state index < -0.39 is 47.3 Å². The van der Waals surface area contributed by atoms with Gasteiger partial charge in [-0.2, -0.15) is 0 Å². The van der Waals surface area contributed by atoms with Gasteiger partial charge in [0.15, 0.2) is 6.10 Å². The van der Waals surface area contributed by atoms with Crippen LogP contribution < -0.4 is 11.1 Å². The van der Waals surface area contributed by atoms with Gasteiger partial charge < -0.3 is 36.2 Å². The first-order valence-electron chi connectivity index (χ1n) is 8.85. The first kappa shape index (κ1) is 21.8. The predicted octanol–water partition coefficient (Wildman–Crippen LogP) is -1.72. The van der Waals surface area contributed by atoms with Crippen LogP contribution in [0.5, 0.6) is 0 Å². The van der Waals surface area contributed by atoms with Crippen LogP contribution in [0.15, 0.2) is 36.7 Å². The molecule has 0 saturated carbocycles. The number of non-ortho nitro benzene ring substituents is 1. The minimum Gasteiger partial charge on any atom is -0.387 e. The predicted molar refractivity (Wildman–Crippen MR) is 98.5 cm³/mol. The van der Waals surface area contributed by atoms with Gasteiger partial charge in [-0.1, -0.05) is 12.1 Å². The average Bonchev–Trinajstić information content (AvgIpc) is 3.28. The lowest BCUT2D eigenvalue weighted by molar-refractivity contribution is -0.384. The standard InChI is InChI=1S/C17H21N5O8/c1-8(9-2-4-10(5-3-9)22(28)29)20-16(26)15-19-6-7-21(15)17(27)13(24)11(23)12(30-17)14(18)25/h2-8,11-14,23-25,27H,18H2,1H3,(H,20,26)/t8?,11-,12+,13+,14+,17+/m1/s1. The van der Waals surface area contributed by atoms with Crippen LogP contribution in [0.25, 0.3) is 0 Å². The second kappa shape index (κ2) is 8.06. The Morgan fingerprint density at radius 3 is 2.57 bits per heavy atom. The summed E-state index contributed by atoms with van der Waals surface area (Å²) in [6.07, 6.45) is -4.57. The molecule has 3 rings (SSSR count). The number of nitrogens with zero attached hydrogens (tertiary/aromatic N) is 3. The van der Waals surface area contributed by atoms with E-state index in [1.54, 1.807) is 6.92 Å². The number of amides is 1. The van der Waals surface area contributed by atoms with E-state index in [1.165, 1.54) is 24.3 Å². The lowest BCUT2D eigenvalue weighted by atomic mass is 10.1. The lowest BCUT2D eigenvalue weighted by Gasteiger charge is -2.28. The zero-order valence-electron chi connectivity index (χ0n) is 15.7. The first-order chi connectivity index (χ1) is 14.1. The molecular formula is C17H21N5O8. The Hall–Kier alpha value is -2.94. The van der Waals surface area contributed by atoms with Crippen molar-refractivity contribution in [3.05, 3.63) is 58.2 Å². The second-order valence-corrected chi connectivity index (χ2v) is 6.83. The molecule has 2 heterocycles. The van der Waals surface area contributed by atoms with E-state index in [-0.39, 0.29) is 11.5 Å². The summed E-state index contributed by atoms with van der Waals surface area (Å²) in [7, 11) is 0. The van der Waals surface area contributed by atoms with Crippen LogP contribution in [-0.4, -0.2) is 65.3 Å². The highest BCUT2D eigenvalue weighted by atomic mass is 16.7. The largest absolute Gasteiger partial charge is 0.387 e. The maximum atomic E-state index is 12.7. The number of hydrogen-bond donors (Lipinski definition) is 6. The minimum atomic E-state index is -2.61. The average molecular weight is 423 g/mol. The molecule has 0 radical (unpaired) electrons. The number of carbonyl (C=O) groups excluding carboxylic acids is 1. The van der Waals surface area contributed by atoms with Gasteiger partial charge in [0, 0.05) is 24.5 Å². The number of aromatic nitrogens is 2. The molecule has 1 aliphatic rings. The molecular weight excluding hydrogens is 402 g/mol. The molecule has 1 aliphatic heterocycles. The van der Waals surface area contributed by atoms with Crippen LogP contribution in [0.4, 0.5) is 5.69 Å². The van der Waals surface area contributed by atoms with Crippen molar-refractivity contribution in [1.82, 2.24) is 14.9 Å². The fourth-order valence-electron chi connectivity index (χ4n) is 3.17. The maximum Gasteiger partial charge on any atom is 0.287 e. The molecule has 30 heavy (non-hydrogen) atoms. The molecule has 6 atom stereocenters. The summed E-state index contributed by atoms with van der Waals surface area (Å²) in [6.45, 7) is 1.63. The number of benzene rings is 1. The number of carbonyl (C=O) groups is 1. The third-order valence-corrected chi connectivity index (χ3v) is 4.83. The van der Waals surface area contributed by atoms with Crippen molar-refractivity contribution in [2.75, 3.05) is 0 Å². The van der Waals surface area contributed by atoms with E-state index in [2.05, 4.69) is 10.3 Å². The Morgan fingerprint density at radius 1 is 1.40 bits per heavy atom. The molecule has 13 heteroatoms. The molecule has 1 unspecified atom stereocenters. The SMILES string of the molecule is CC(NC(=O)c1nccn1[C@@]1(O)O[C@H]([C@@H](N)O)[C@@H](O)[C@@H]1O)c1ccc([N+](=O)[O-])cc1. The lowest BCUT2D eigenvalue weighted by Crippen LogP contribution is -2.47. The van der Waals surface area contributed by atoms with Gasteiger partial charge in [0.1, 0.15) is 18.4 Å². The molecule has 0 aliphatic carbocycles. The summed E-state index contributed by atoms with van der Waals surface area (Å²) < 4.78 is 5.96. The molecule has 13 nitrogen and oxygen atoms in total. The Kier molecular flexibility index (Phi) is 5.85. The Bertz CT molecular complexity index is 932. The molecule has 1 saturated heterocycles. The van der Waals surface area contributed by atoms with Crippen LogP contribution in [0.1, 0.15) is 29.1 Å². The van der Waals surface area contributed by atoms with E-state index in [4.69, 9.17) is 10.5 Å². The summed E-state index contributed by atoms with van der Waals surface area (Å²) >= 11 is 0. The summed E-state index contributed by atoms with van der Waals surface area (Å²) in [5, 5.41) is 53.8. The third kappa shape index (κ3) is 3.77. The zero-order chi connectivity index (χ0) is 22.2. The number of rotatable bonds is 6. The van der Waals surface area contributed by atoms with E-state index >= 15 is 0 Å². The summed E-state index contributed by atoms with van der Waals surface area (Å²) in [6, 6.07) is 4.97. The molecule has 1 aromatic carbocycles. The van der Waals surface area contributed by atoms with E-state index in [0.29, 0.717) is 5.56 Å². The fraction of sp³-hybridized carbons (Fsp3) is 0.412. The van der Waals surface area contributed by atoms with Crippen molar-refractivity contribution in [3.8, 4) is 0 Å². The van der Waals surface area contributed by atoms with Gasteiger partial charge in [-0.15, -0.1) is 0 Å². The van der Waals surface area contributed by atoms with Crippen molar-refractivity contribution >= 4 is 11.6 Å². The number of aliphatic hydroxyl groups excluding tert-OH is 3. The number of aliphatic hydroxyl groups is 4. The third-order valence-electron chi connectivity index (χ3n) is 4.83. The van der Waals surface area contributed by atoms with Gasteiger partial charge in [-0.3, -0.25) is 19.5 Å². The first-order valence-corrected chi connectivity index (χ1v) is 8.85. The number of nitro groups is 1. The highest BCUT2D eigenvalue weighted by Crippen LogP contribution is 2.35. The van der Waals surface area contributed by atoms with Gasteiger partial charge in [-0.05, 0) is 12.5 Å². The quantitative estimate of drug-likeness (QED) is 0.176. The molecule has 1 aromatic heterocycles. The van der Waals surface area contributed by atoms with Gasteiger partial charge in [-0.25, -0.2) is 4.98 Å². The topological polar surface area (TPSA) is 206 Å². The number of ether oxygens (including phenoxy) is 1. The van der Waals surface area contributed by atoms with Crippen molar-refractivity contribution in [3.63, 3.8) is 0 Å². The zero-order valence-corrected chi connectivity index (χ0v) is 15.7. The monoisotopic (exact) mass is 423 g/mol. The molecule has 0 bridgehead atoms. The van der Waals surface area contributed by atoms with Crippen LogP contribution in [0, 0.1) is 10.1 Å². The van der Waals surface area contributed by atoms with E-state index in [0.717, 1.165) is 17.0 Å². The summed E-state index contributed by atoms with van der Waals surface area (Å²) in [5.74, 6) is -3.73. The van der Waals surface area contributed by atoms with Crippen molar-refractivity contribution in [2.45, 2.75) is 43.4 Å². The van der Waals surface area contributed by atoms with Crippen LogP contribution in [-0.2, 0) is 10.6 Å². The molecule has 2 aromatic rings. The second-order valence-electron chi connectivity index (χ2n) is 6.83. The van der Waals surface area contributed by atoms with Gasteiger partial charge >= 0.3 is 0 Å².